The Morgan fingerprint density at radius 3 is 2.05 bits per heavy atom. The number of para-hydroxylation sites is 1. The number of nitrogens with one attached hydrogen (secondary N) is 2. The first-order valence-corrected chi connectivity index (χ1v) is 15.3. The van der Waals surface area contributed by atoms with Crippen molar-refractivity contribution >= 4 is 27.5 Å². The molecule has 0 spiro atoms. The maximum absolute atomic E-state index is 14.0. The molecule has 8 heteroatoms. The van der Waals surface area contributed by atoms with E-state index in [1.54, 1.807) is 24.3 Å². The molecular weight excluding hydrogens is 528 g/mol. The number of thioether (sulfide) groups is 1. The molecule has 1 saturated heterocycles. The molecule has 0 aliphatic carbocycles. The second-order valence-corrected chi connectivity index (χ2v) is 12.8. The molecule has 1 fully saturated rings. The van der Waals surface area contributed by atoms with E-state index in [-0.39, 0.29) is 4.90 Å². The van der Waals surface area contributed by atoms with Gasteiger partial charge in [0.15, 0.2) is 0 Å². The Labute approximate surface area is 233 Å². The average Bonchev–Trinajstić information content (AvgIpc) is 3.51. The molecule has 4 aromatic carbocycles. The molecular formula is C31H30N2O4S2. The summed E-state index contributed by atoms with van der Waals surface area (Å²) < 4.78 is 32.0. The minimum Gasteiger partial charge on any atom is -0.494 e. The van der Waals surface area contributed by atoms with E-state index in [1.807, 2.05) is 91.0 Å². The number of rotatable bonds is 10. The van der Waals surface area contributed by atoms with E-state index < -0.39 is 26.0 Å². The number of carbonyl (C=O) groups is 1. The number of hydrogen-bond acceptors (Lipinski definition) is 6. The Balaban J connectivity index is 1.38. The summed E-state index contributed by atoms with van der Waals surface area (Å²) in [5, 5.41) is 6.06. The summed E-state index contributed by atoms with van der Waals surface area (Å²) in [5.74, 6) is 0.661. The molecule has 1 heterocycles. The number of ether oxygens (including phenoxy) is 1. The summed E-state index contributed by atoms with van der Waals surface area (Å²) in [4.78, 5) is 14.0. The van der Waals surface area contributed by atoms with Gasteiger partial charge in [-0.3, -0.25) is 10.1 Å². The molecule has 39 heavy (non-hydrogen) atoms. The average molecular weight is 559 g/mol. The van der Waals surface area contributed by atoms with Crippen LogP contribution < -0.4 is 15.4 Å². The normalized spacial score (nSPS) is 17.8. The fourth-order valence-electron chi connectivity index (χ4n) is 4.60. The van der Waals surface area contributed by atoms with E-state index in [2.05, 4.69) is 10.6 Å². The van der Waals surface area contributed by atoms with Crippen LogP contribution in [0.5, 0.6) is 5.75 Å². The van der Waals surface area contributed by atoms with Crippen molar-refractivity contribution < 1.29 is 17.9 Å². The Morgan fingerprint density at radius 1 is 0.846 bits per heavy atom. The Hall–Kier alpha value is -3.59. The van der Waals surface area contributed by atoms with Crippen LogP contribution in [0.2, 0.25) is 0 Å². The lowest BCUT2D eigenvalue weighted by molar-refractivity contribution is -0.122. The molecule has 2 atom stereocenters. The largest absolute Gasteiger partial charge is 0.494 e. The summed E-state index contributed by atoms with van der Waals surface area (Å²) in [6, 6.07) is 35.0. The molecule has 4 aromatic rings. The van der Waals surface area contributed by atoms with E-state index in [0.717, 1.165) is 34.2 Å². The number of sulfone groups is 1. The van der Waals surface area contributed by atoms with Crippen LogP contribution in [0.15, 0.2) is 120 Å². The van der Waals surface area contributed by atoms with Crippen LogP contribution in [-0.2, 0) is 14.6 Å². The van der Waals surface area contributed by atoms with Crippen LogP contribution in [0.1, 0.15) is 18.0 Å². The molecule has 0 bridgehead atoms. The molecule has 1 aliphatic heterocycles. The molecule has 6 nitrogen and oxygen atoms in total. The molecule has 5 rings (SSSR count). The van der Waals surface area contributed by atoms with Gasteiger partial charge in [-0.1, -0.05) is 91.0 Å². The highest BCUT2D eigenvalue weighted by molar-refractivity contribution is 8.16. The van der Waals surface area contributed by atoms with Gasteiger partial charge in [0.1, 0.15) is 5.75 Å². The number of carbonyl (C=O) groups excluding carboxylic acids is 1. The molecule has 200 valence electrons. The van der Waals surface area contributed by atoms with Gasteiger partial charge in [0.25, 0.3) is 10.1 Å². The molecule has 0 aromatic heterocycles. The van der Waals surface area contributed by atoms with Crippen LogP contribution in [0.4, 0.5) is 0 Å². The van der Waals surface area contributed by atoms with Crippen molar-refractivity contribution in [3.05, 3.63) is 121 Å². The molecule has 1 amide bonds. The minimum atomic E-state index is -4.08. The van der Waals surface area contributed by atoms with E-state index in [4.69, 9.17) is 4.74 Å². The molecule has 0 saturated carbocycles. The third-order valence-corrected chi connectivity index (χ3v) is 10.8. The number of amides is 1. The van der Waals surface area contributed by atoms with Crippen molar-refractivity contribution in [1.29, 1.82) is 0 Å². The van der Waals surface area contributed by atoms with Crippen molar-refractivity contribution in [1.82, 2.24) is 10.6 Å². The summed E-state index contributed by atoms with van der Waals surface area (Å²) in [5.41, 5.74) is 2.78. The van der Waals surface area contributed by atoms with E-state index in [9.17, 15) is 13.2 Å². The van der Waals surface area contributed by atoms with E-state index in [1.165, 1.54) is 0 Å². The predicted octanol–water partition coefficient (Wildman–Crippen LogP) is 5.44. The zero-order valence-electron chi connectivity index (χ0n) is 21.3. The SMILES string of the molecule is O=C(NC(CCOc1ccccc1)c1ccccc1)C1(S(=O)(=O)c2ccc(-c3ccccc3)cc2)NCCS1. The third kappa shape index (κ3) is 5.88. The monoisotopic (exact) mass is 558 g/mol. The zero-order chi connectivity index (χ0) is 27.1. The topological polar surface area (TPSA) is 84.5 Å². The molecule has 2 N–H and O–H groups in total. The van der Waals surface area contributed by atoms with Gasteiger partial charge in [-0.05, 0) is 41.0 Å². The lowest BCUT2D eigenvalue weighted by Gasteiger charge is -2.30. The second-order valence-electron chi connectivity index (χ2n) is 9.17. The Morgan fingerprint density at radius 2 is 1.44 bits per heavy atom. The second kappa shape index (κ2) is 12.1. The van der Waals surface area contributed by atoms with Crippen molar-refractivity contribution in [2.45, 2.75) is 21.6 Å². The van der Waals surface area contributed by atoms with Crippen molar-refractivity contribution in [2.75, 3.05) is 18.9 Å². The Bertz CT molecular complexity index is 1470. The van der Waals surface area contributed by atoms with Gasteiger partial charge in [-0.15, -0.1) is 11.8 Å². The van der Waals surface area contributed by atoms with Crippen molar-refractivity contribution in [3.8, 4) is 16.9 Å². The van der Waals surface area contributed by atoms with Gasteiger partial charge >= 0.3 is 0 Å². The third-order valence-electron chi connectivity index (χ3n) is 6.64. The first kappa shape index (κ1) is 27.0. The van der Waals surface area contributed by atoms with Crippen LogP contribution in [0.3, 0.4) is 0 Å². The number of benzene rings is 4. The summed E-state index contributed by atoms with van der Waals surface area (Å²) in [6.07, 6.45) is 0.469. The fourth-order valence-corrected chi connectivity index (χ4v) is 8.06. The number of hydrogen-bond donors (Lipinski definition) is 2. The predicted molar refractivity (Wildman–Crippen MR) is 156 cm³/mol. The first-order valence-electron chi connectivity index (χ1n) is 12.8. The quantitative estimate of drug-likeness (QED) is 0.270. The molecule has 1 aliphatic rings. The van der Waals surface area contributed by atoms with Gasteiger partial charge in [0.05, 0.1) is 17.5 Å². The van der Waals surface area contributed by atoms with Gasteiger partial charge in [-0.25, -0.2) is 8.42 Å². The van der Waals surface area contributed by atoms with E-state index >= 15 is 0 Å². The van der Waals surface area contributed by atoms with Crippen molar-refractivity contribution in [2.24, 2.45) is 0 Å². The van der Waals surface area contributed by atoms with Gasteiger partial charge in [0.2, 0.25) is 9.84 Å². The molecule has 2 unspecified atom stereocenters. The highest BCUT2D eigenvalue weighted by Crippen LogP contribution is 2.39. The lowest BCUT2D eigenvalue weighted by atomic mass is 10.0. The van der Waals surface area contributed by atoms with E-state index in [0.29, 0.717) is 25.3 Å². The summed E-state index contributed by atoms with van der Waals surface area (Å²) >= 11 is 1.12. The van der Waals surface area contributed by atoms with Gasteiger partial charge in [-0.2, -0.15) is 0 Å². The smallest absolute Gasteiger partial charge is 0.267 e. The summed E-state index contributed by atoms with van der Waals surface area (Å²) in [6.45, 7) is 0.762. The Kier molecular flexibility index (Phi) is 8.35. The lowest BCUT2D eigenvalue weighted by Crippen LogP contribution is -2.57. The van der Waals surface area contributed by atoms with Crippen LogP contribution in [0, 0.1) is 0 Å². The standard InChI is InChI=1S/C31H30N2O4S2/c34-30(33-29(26-12-6-2-7-13-26)20-22-37-27-14-8-3-9-15-27)31(32-21-23-38-31)39(35,36)28-18-16-25(17-19-28)24-10-4-1-5-11-24/h1-19,29,32H,20-23H2,(H,33,34). The maximum Gasteiger partial charge on any atom is 0.267 e. The summed E-state index contributed by atoms with van der Waals surface area (Å²) in [7, 11) is -4.08. The highest BCUT2D eigenvalue weighted by Gasteiger charge is 2.54. The maximum atomic E-state index is 14.0. The molecule has 0 radical (unpaired) electrons. The minimum absolute atomic E-state index is 0.0999. The van der Waals surface area contributed by atoms with Crippen LogP contribution in [0.25, 0.3) is 11.1 Å². The highest BCUT2D eigenvalue weighted by atomic mass is 32.3. The van der Waals surface area contributed by atoms with Crippen LogP contribution in [-0.4, -0.2) is 37.4 Å². The fraction of sp³-hybridized carbons (Fsp3) is 0.194. The zero-order valence-corrected chi connectivity index (χ0v) is 23.0. The van der Waals surface area contributed by atoms with Gasteiger partial charge < -0.3 is 10.1 Å². The van der Waals surface area contributed by atoms with Crippen LogP contribution >= 0.6 is 11.8 Å². The first-order chi connectivity index (χ1) is 19.0. The van der Waals surface area contributed by atoms with Crippen molar-refractivity contribution in [3.63, 3.8) is 0 Å². The van der Waals surface area contributed by atoms with Gasteiger partial charge in [0, 0.05) is 18.7 Å².